The molecule has 0 aromatic heterocycles. The van der Waals surface area contributed by atoms with Crippen molar-refractivity contribution in [3.05, 3.63) is 236 Å². The first-order valence-electron chi connectivity index (χ1n) is 25.5. The molecule has 6 unspecified atom stereocenters. The highest BCUT2D eigenvalue weighted by atomic mass is 35.5. The number of halogens is 1. The number of benzene rings is 9. The molecule has 5 aliphatic rings. The number of para-hydroxylation sites is 3. The Morgan fingerprint density at radius 2 is 0.814 bits per heavy atom. The summed E-state index contributed by atoms with van der Waals surface area (Å²) in [5.74, 6) is 3.35. The van der Waals surface area contributed by atoms with E-state index < -0.39 is 0 Å². The highest BCUT2D eigenvalue weighted by Gasteiger charge is 2.57. The highest BCUT2D eigenvalue weighted by Crippen LogP contribution is 2.61. The van der Waals surface area contributed by atoms with E-state index in [1.165, 1.54) is 66.5 Å². The molecule has 2 heterocycles. The van der Waals surface area contributed by atoms with Crippen LogP contribution in [0.3, 0.4) is 0 Å². The lowest BCUT2D eigenvalue weighted by molar-refractivity contribution is -0.0593. The van der Waals surface area contributed by atoms with Crippen LogP contribution in [0.1, 0.15) is 38.5 Å². The number of nitrogens with zero attached hydrogens (tertiary/aromatic N) is 3. The molecule has 5 fully saturated rings. The van der Waals surface area contributed by atoms with Crippen molar-refractivity contribution < 1.29 is 0 Å². The van der Waals surface area contributed by atoms with Gasteiger partial charge in [-0.1, -0.05) is 200 Å². The maximum absolute atomic E-state index is 7.11. The molecular formula is C66H56ClN3. The van der Waals surface area contributed by atoms with E-state index in [4.69, 9.17) is 11.6 Å². The fourth-order valence-electron chi connectivity index (χ4n) is 13.6. The summed E-state index contributed by atoms with van der Waals surface area (Å²) in [5.41, 5.74) is 17.2. The molecule has 6 atom stereocenters. The third kappa shape index (κ3) is 7.59. The van der Waals surface area contributed by atoms with Gasteiger partial charge in [-0.15, -0.1) is 0 Å². The van der Waals surface area contributed by atoms with Crippen LogP contribution < -0.4 is 14.7 Å². The smallest absolute Gasteiger partial charge is 0.0618 e. The van der Waals surface area contributed by atoms with Crippen LogP contribution in [0.2, 0.25) is 5.02 Å². The number of hydrogen-bond donors (Lipinski definition) is 0. The van der Waals surface area contributed by atoms with Gasteiger partial charge in [0.2, 0.25) is 0 Å². The molecule has 14 rings (SSSR count). The van der Waals surface area contributed by atoms with Crippen LogP contribution >= 0.6 is 11.6 Å². The molecule has 2 aliphatic heterocycles. The van der Waals surface area contributed by atoms with Gasteiger partial charge in [0.15, 0.2) is 0 Å². The maximum Gasteiger partial charge on any atom is 0.0618 e. The van der Waals surface area contributed by atoms with Gasteiger partial charge in [-0.2, -0.15) is 0 Å². The average Bonchev–Trinajstić information content (AvgIpc) is 3.42. The highest BCUT2D eigenvalue weighted by molar-refractivity contribution is 6.31. The van der Waals surface area contributed by atoms with Crippen molar-refractivity contribution in [3.63, 3.8) is 0 Å². The second kappa shape index (κ2) is 18.2. The molecule has 6 bridgehead atoms. The van der Waals surface area contributed by atoms with Crippen LogP contribution in [-0.2, 0) is 0 Å². The van der Waals surface area contributed by atoms with E-state index in [-0.39, 0.29) is 0 Å². The van der Waals surface area contributed by atoms with E-state index >= 15 is 0 Å². The molecule has 3 nitrogen and oxygen atoms in total. The Bertz CT molecular complexity index is 3170. The van der Waals surface area contributed by atoms with Gasteiger partial charge >= 0.3 is 0 Å². The van der Waals surface area contributed by atoms with Crippen molar-refractivity contribution in [2.45, 2.75) is 50.6 Å². The monoisotopic (exact) mass is 925 g/mol. The van der Waals surface area contributed by atoms with Gasteiger partial charge in [-0.3, -0.25) is 0 Å². The quantitative estimate of drug-likeness (QED) is 0.128. The molecule has 0 N–H and O–H groups in total. The Morgan fingerprint density at radius 1 is 0.371 bits per heavy atom. The summed E-state index contributed by atoms with van der Waals surface area (Å²) in [6, 6.07) is 85.4. The van der Waals surface area contributed by atoms with Gasteiger partial charge in [-0.25, -0.2) is 0 Å². The Labute approximate surface area is 418 Å². The van der Waals surface area contributed by atoms with E-state index in [9.17, 15) is 0 Å². The van der Waals surface area contributed by atoms with Crippen molar-refractivity contribution in [1.29, 1.82) is 0 Å². The minimum atomic E-state index is 0.514. The van der Waals surface area contributed by atoms with Crippen LogP contribution in [-0.4, -0.2) is 12.1 Å². The van der Waals surface area contributed by atoms with Gasteiger partial charge < -0.3 is 14.7 Å². The molecule has 0 spiro atoms. The van der Waals surface area contributed by atoms with Gasteiger partial charge in [0.05, 0.1) is 22.7 Å². The summed E-state index contributed by atoms with van der Waals surface area (Å²) >= 11 is 7.11. The van der Waals surface area contributed by atoms with E-state index in [0.29, 0.717) is 17.1 Å². The predicted molar refractivity (Wildman–Crippen MR) is 294 cm³/mol. The number of anilines is 7. The number of piperidine rings is 2. The Morgan fingerprint density at radius 3 is 1.31 bits per heavy atom. The molecule has 342 valence electrons. The van der Waals surface area contributed by atoms with Gasteiger partial charge in [0.1, 0.15) is 0 Å². The Hall–Kier alpha value is -7.33. The average molecular weight is 927 g/mol. The third-order valence-electron chi connectivity index (χ3n) is 16.3. The van der Waals surface area contributed by atoms with E-state index in [1.54, 1.807) is 0 Å². The lowest BCUT2D eigenvalue weighted by Gasteiger charge is -2.66. The zero-order chi connectivity index (χ0) is 46.5. The molecule has 9 aromatic carbocycles. The third-order valence-corrected chi connectivity index (χ3v) is 16.6. The fourth-order valence-corrected chi connectivity index (χ4v) is 13.8. The van der Waals surface area contributed by atoms with Gasteiger partial charge in [0.25, 0.3) is 0 Å². The zero-order valence-electron chi connectivity index (χ0n) is 39.4. The molecule has 2 saturated heterocycles. The standard InChI is InChI=1S/C66H56ClN3/c67-50-28-16-31-52(40-50)70(66-60(47-24-10-3-11-25-47)35-19-36-61(66)48-26-12-4-13-27-48)56-42-54(68-53-38-49-39-64(68)62-37-17-32-57(49)63(62)44-53)41-55(43-56)69(51-29-14-5-15-30-51)65-58(45-20-6-1-7-21-45)33-18-34-59(65)46-22-8-2-9-23-46/h1-16,18-31,33-36,40-43,49,53,57,62-64H,17,32,37-39,44H2. The van der Waals surface area contributed by atoms with Gasteiger partial charge in [0, 0.05) is 56.4 Å². The number of hydrogen-bond acceptors (Lipinski definition) is 3. The van der Waals surface area contributed by atoms with Crippen LogP contribution in [0.25, 0.3) is 44.5 Å². The molecule has 4 heteroatoms. The second-order valence-corrected chi connectivity index (χ2v) is 20.5. The molecule has 0 radical (unpaired) electrons. The summed E-state index contributed by atoms with van der Waals surface area (Å²) in [5, 5.41) is 0.698. The number of rotatable bonds is 11. The predicted octanol–water partition coefficient (Wildman–Crippen LogP) is 18.4. The summed E-state index contributed by atoms with van der Waals surface area (Å²) in [6.45, 7) is 0. The van der Waals surface area contributed by atoms with E-state index in [2.05, 4.69) is 239 Å². The van der Waals surface area contributed by atoms with E-state index in [0.717, 1.165) is 80.0 Å². The van der Waals surface area contributed by atoms with Crippen molar-refractivity contribution >= 4 is 51.4 Å². The summed E-state index contributed by atoms with van der Waals surface area (Å²) < 4.78 is 0. The van der Waals surface area contributed by atoms with Crippen LogP contribution in [0, 0.1) is 23.7 Å². The van der Waals surface area contributed by atoms with Crippen LogP contribution in [0.5, 0.6) is 0 Å². The first-order valence-corrected chi connectivity index (χ1v) is 25.8. The topological polar surface area (TPSA) is 9.72 Å². The van der Waals surface area contributed by atoms with Crippen molar-refractivity contribution in [1.82, 2.24) is 0 Å². The lowest BCUT2D eigenvalue weighted by atomic mass is 9.49. The largest absolute Gasteiger partial charge is 0.365 e. The summed E-state index contributed by atoms with van der Waals surface area (Å²) in [6.07, 6.45) is 8.02. The normalized spacial score (nSPS) is 20.8. The minimum Gasteiger partial charge on any atom is -0.365 e. The summed E-state index contributed by atoms with van der Waals surface area (Å²) in [4.78, 5) is 8.01. The van der Waals surface area contributed by atoms with Crippen molar-refractivity contribution in [3.8, 4) is 44.5 Å². The molecule has 0 amide bonds. The fraction of sp³-hybridized carbons (Fsp3) is 0.182. The molecule has 3 aliphatic carbocycles. The zero-order valence-corrected chi connectivity index (χ0v) is 40.1. The Balaban J connectivity index is 1.13. The second-order valence-electron chi connectivity index (χ2n) is 20.1. The van der Waals surface area contributed by atoms with E-state index in [1.807, 2.05) is 6.07 Å². The first-order chi connectivity index (χ1) is 34.6. The molecular weight excluding hydrogens is 870 g/mol. The lowest BCUT2D eigenvalue weighted by Crippen LogP contribution is -2.66. The van der Waals surface area contributed by atoms with Crippen molar-refractivity contribution in [2.24, 2.45) is 23.7 Å². The van der Waals surface area contributed by atoms with Crippen LogP contribution in [0.15, 0.2) is 231 Å². The summed E-state index contributed by atoms with van der Waals surface area (Å²) in [7, 11) is 0. The van der Waals surface area contributed by atoms with Crippen LogP contribution in [0.4, 0.5) is 39.8 Å². The SMILES string of the molecule is Clc1cccc(N(c2cc(N(c3ccccc3)c3c(-c4ccccc4)cccc3-c3ccccc3)cc(N3C4CC5CC3C3CCCC5C3C4)c2)c2c(-c3ccccc3)cccc2-c2ccccc2)c1. The maximum atomic E-state index is 7.11. The first kappa shape index (κ1) is 42.7. The van der Waals surface area contributed by atoms with Crippen molar-refractivity contribution in [2.75, 3.05) is 14.7 Å². The molecule has 70 heavy (non-hydrogen) atoms. The van der Waals surface area contributed by atoms with Gasteiger partial charge in [-0.05, 0) is 127 Å². The molecule has 3 saturated carbocycles. The minimum absolute atomic E-state index is 0.514. The Kier molecular flexibility index (Phi) is 11.1. The molecule has 9 aromatic rings.